The maximum atomic E-state index is 11.1. The van der Waals surface area contributed by atoms with Gasteiger partial charge in [-0.1, -0.05) is 0 Å². The second kappa shape index (κ2) is 6.80. The lowest BCUT2D eigenvalue weighted by atomic mass is 10.4. The van der Waals surface area contributed by atoms with Crippen LogP contribution in [0.2, 0.25) is 0 Å². The zero-order valence-corrected chi connectivity index (χ0v) is 8.54. The van der Waals surface area contributed by atoms with Crippen LogP contribution < -0.4 is 0 Å². The number of rotatable bonds is 5. The van der Waals surface area contributed by atoms with Crippen LogP contribution in [0.1, 0.15) is 6.42 Å². The Morgan fingerprint density at radius 3 is 2.73 bits per heavy atom. The van der Waals surface area contributed by atoms with Gasteiger partial charge in [-0.25, -0.2) is 0 Å². The molecule has 0 aliphatic rings. The van der Waals surface area contributed by atoms with Gasteiger partial charge in [0.1, 0.15) is 0 Å². The van der Waals surface area contributed by atoms with Crippen LogP contribution in [0.25, 0.3) is 0 Å². The van der Waals surface area contributed by atoms with Gasteiger partial charge in [0.15, 0.2) is 0 Å². The van der Waals surface area contributed by atoms with Crippen LogP contribution in [0.15, 0.2) is 0 Å². The average molecular weight is 196 g/mol. The summed E-state index contributed by atoms with van der Waals surface area (Å²) < 4.78 is 0. The lowest BCUT2D eigenvalue weighted by Crippen LogP contribution is -2.28. The first-order valence-corrected chi connectivity index (χ1v) is 5.44. The average Bonchev–Trinajstić information content (AvgIpc) is 2.00. The van der Waals surface area contributed by atoms with Gasteiger partial charge < -0.3 is 4.90 Å². The third kappa shape index (κ3) is 5.39. The minimum Gasteiger partial charge on any atom is -0.345 e. The van der Waals surface area contributed by atoms with Gasteiger partial charge in [-0.2, -0.15) is 11.8 Å². The maximum absolute atomic E-state index is 11.1. The summed E-state index contributed by atoms with van der Waals surface area (Å²) in [6.07, 6.45) is 2.48. The molecule has 0 saturated carbocycles. The van der Waals surface area contributed by atoms with Crippen molar-refractivity contribution in [1.82, 2.24) is 4.90 Å². The molecule has 0 N–H and O–H groups in total. The minimum atomic E-state index is 0.133. The molecule has 0 fully saturated rings. The van der Waals surface area contributed by atoms with Crippen molar-refractivity contribution in [1.29, 1.82) is 0 Å². The van der Waals surface area contributed by atoms with Crippen molar-refractivity contribution in [3.63, 3.8) is 0 Å². The van der Waals surface area contributed by atoms with E-state index < -0.39 is 0 Å². The van der Waals surface area contributed by atoms with E-state index in [0.717, 1.165) is 12.3 Å². The van der Waals surface area contributed by atoms with Crippen LogP contribution in [-0.2, 0) is 4.79 Å². The van der Waals surface area contributed by atoms with Crippen LogP contribution in [0.3, 0.4) is 0 Å². The third-order valence-corrected chi connectivity index (χ3v) is 2.14. The normalized spacial score (nSPS) is 9.73. The Hall–Kier alpha value is 0.110. The summed E-state index contributed by atoms with van der Waals surface area (Å²) in [6, 6.07) is 0. The zero-order valence-electron chi connectivity index (χ0n) is 6.97. The highest BCUT2D eigenvalue weighted by Crippen LogP contribution is 1.96. The van der Waals surface area contributed by atoms with E-state index in [1.807, 2.05) is 13.3 Å². The highest BCUT2D eigenvalue weighted by molar-refractivity contribution is 7.98. The van der Waals surface area contributed by atoms with Crippen molar-refractivity contribution < 1.29 is 4.79 Å². The second-order valence-electron chi connectivity index (χ2n) is 2.25. The lowest BCUT2D eigenvalue weighted by Gasteiger charge is -2.15. The van der Waals surface area contributed by atoms with E-state index in [2.05, 4.69) is 0 Å². The molecule has 1 amide bonds. The van der Waals surface area contributed by atoms with Gasteiger partial charge in [0.2, 0.25) is 5.91 Å². The summed E-state index contributed by atoms with van der Waals surface area (Å²) in [5.74, 6) is 1.54. The highest BCUT2D eigenvalue weighted by Gasteiger charge is 2.05. The molecule has 2 nitrogen and oxygen atoms in total. The van der Waals surface area contributed by atoms with Crippen LogP contribution in [0.4, 0.5) is 0 Å². The monoisotopic (exact) mass is 195 g/mol. The summed E-state index contributed by atoms with van der Waals surface area (Å²) in [4.78, 5) is 12.8. The molecule has 0 rings (SSSR count). The number of nitrogens with zero attached hydrogens (tertiary/aromatic N) is 1. The Kier molecular flexibility index (Phi) is 6.87. The Balaban J connectivity index is 3.46. The number of hydrogen-bond acceptors (Lipinski definition) is 2. The van der Waals surface area contributed by atoms with E-state index in [0.29, 0.717) is 12.3 Å². The van der Waals surface area contributed by atoms with Crippen molar-refractivity contribution in [2.75, 3.05) is 31.5 Å². The fraction of sp³-hybridized carbons (Fsp3) is 0.857. The maximum Gasteiger partial charge on any atom is 0.223 e. The molecule has 0 aliphatic heterocycles. The smallest absolute Gasteiger partial charge is 0.223 e. The first-order valence-electron chi connectivity index (χ1n) is 3.51. The molecule has 66 valence electrons. The summed E-state index contributed by atoms with van der Waals surface area (Å²) in [5, 5.41) is 0. The number of thioether (sulfide) groups is 1. The van der Waals surface area contributed by atoms with Crippen molar-refractivity contribution in [2.45, 2.75) is 6.42 Å². The summed E-state index contributed by atoms with van der Waals surface area (Å²) >= 11 is 7.16. The Bertz CT molecular complexity index is 121. The summed E-state index contributed by atoms with van der Waals surface area (Å²) in [6.45, 7) is 0.816. The molecule has 0 heterocycles. The molecule has 0 bridgehead atoms. The van der Waals surface area contributed by atoms with E-state index in [4.69, 9.17) is 11.6 Å². The van der Waals surface area contributed by atoms with Crippen LogP contribution >= 0.6 is 23.4 Å². The number of alkyl halides is 1. The van der Waals surface area contributed by atoms with Crippen molar-refractivity contribution in [2.24, 2.45) is 0 Å². The van der Waals surface area contributed by atoms with E-state index in [1.165, 1.54) is 0 Å². The topological polar surface area (TPSA) is 20.3 Å². The van der Waals surface area contributed by atoms with Gasteiger partial charge in [0, 0.05) is 31.6 Å². The molecule has 0 aromatic heterocycles. The van der Waals surface area contributed by atoms with Crippen LogP contribution in [0, 0.1) is 0 Å². The quantitative estimate of drug-likeness (QED) is 0.619. The Morgan fingerprint density at radius 1 is 1.64 bits per heavy atom. The highest BCUT2D eigenvalue weighted by atomic mass is 35.5. The van der Waals surface area contributed by atoms with Gasteiger partial charge in [-0.3, -0.25) is 4.79 Å². The van der Waals surface area contributed by atoms with Crippen LogP contribution in [-0.4, -0.2) is 42.3 Å². The van der Waals surface area contributed by atoms with E-state index >= 15 is 0 Å². The summed E-state index contributed by atoms with van der Waals surface area (Å²) in [5.41, 5.74) is 0. The first-order chi connectivity index (χ1) is 5.22. The SMILES string of the molecule is CSCCN(C)C(=O)CCCl. The van der Waals surface area contributed by atoms with Crippen molar-refractivity contribution in [3.8, 4) is 0 Å². The molecule has 0 aliphatic carbocycles. The molecular formula is C7H14ClNOS. The molecule has 0 aromatic rings. The van der Waals surface area contributed by atoms with Crippen molar-refractivity contribution >= 4 is 29.3 Å². The number of carbonyl (C=O) groups excluding carboxylic acids is 1. The number of carbonyl (C=O) groups is 1. The fourth-order valence-electron chi connectivity index (χ4n) is 0.625. The Labute approximate surface area is 77.3 Å². The number of halogens is 1. The van der Waals surface area contributed by atoms with E-state index in [9.17, 15) is 4.79 Å². The summed E-state index contributed by atoms with van der Waals surface area (Å²) in [7, 11) is 1.81. The molecule has 0 spiro atoms. The lowest BCUT2D eigenvalue weighted by molar-refractivity contribution is -0.129. The standard InChI is InChI=1S/C7H14ClNOS/c1-9(5-6-11-2)7(10)3-4-8/h3-6H2,1-2H3. The molecule has 11 heavy (non-hydrogen) atoms. The zero-order chi connectivity index (χ0) is 8.69. The number of amides is 1. The molecule has 0 aromatic carbocycles. The van der Waals surface area contributed by atoms with E-state index in [1.54, 1.807) is 16.7 Å². The van der Waals surface area contributed by atoms with Gasteiger partial charge in [-0.05, 0) is 6.26 Å². The predicted molar refractivity (Wildman–Crippen MR) is 51.4 cm³/mol. The van der Waals surface area contributed by atoms with Gasteiger partial charge in [-0.15, -0.1) is 11.6 Å². The largest absolute Gasteiger partial charge is 0.345 e. The fourth-order valence-corrected chi connectivity index (χ4v) is 1.24. The minimum absolute atomic E-state index is 0.133. The van der Waals surface area contributed by atoms with Crippen LogP contribution in [0.5, 0.6) is 0 Å². The molecule has 0 atom stereocenters. The molecule has 0 radical (unpaired) electrons. The van der Waals surface area contributed by atoms with Gasteiger partial charge >= 0.3 is 0 Å². The molecular weight excluding hydrogens is 182 g/mol. The predicted octanol–water partition coefficient (Wildman–Crippen LogP) is 1.44. The molecule has 0 unspecified atom stereocenters. The van der Waals surface area contributed by atoms with Crippen molar-refractivity contribution in [3.05, 3.63) is 0 Å². The van der Waals surface area contributed by atoms with E-state index in [-0.39, 0.29) is 5.91 Å². The number of hydrogen-bond donors (Lipinski definition) is 0. The Morgan fingerprint density at radius 2 is 2.27 bits per heavy atom. The van der Waals surface area contributed by atoms with Gasteiger partial charge in [0.05, 0.1) is 0 Å². The third-order valence-electron chi connectivity index (χ3n) is 1.36. The second-order valence-corrected chi connectivity index (χ2v) is 3.61. The van der Waals surface area contributed by atoms with Gasteiger partial charge in [0.25, 0.3) is 0 Å². The molecule has 4 heteroatoms. The molecule has 0 saturated heterocycles. The first kappa shape index (κ1) is 11.1.